The third-order valence-corrected chi connectivity index (χ3v) is 5.75. The van der Waals surface area contributed by atoms with Crippen LogP contribution < -0.4 is 4.90 Å². The fourth-order valence-electron chi connectivity index (χ4n) is 4.27. The molecule has 1 saturated heterocycles. The highest BCUT2D eigenvalue weighted by atomic mass is 16.6. The Balaban J connectivity index is 1.64. The van der Waals surface area contributed by atoms with E-state index in [0.29, 0.717) is 0 Å². The zero-order valence-electron chi connectivity index (χ0n) is 18.4. The minimum atomic E-state index is -0.524. The molecule has 0 unspecified atom stereocenters. The Morgan fingerprint density at radius 3 is 2.57 bits per heavy atom. The van der Waals surface area contributed by atoms with E-state index in [4.69, 9.17) is 9.72 Å². The fourth-order valence-corrected chi connectivity index (χ4v) is 4.27. The highest BCUT2D eigenvalue weighted by molar-refractivity contribution is 5.89. The summed E-state index contributed by atoms with van der Waals surface area (Å²) in [6, 6.07) is 15.2. The second-order valence-electron chi connectivity index (χ2n) is 9.47. The average Bonchev–Trinajstić information content (AvgIpc) is 3.54. The van der Waals surface area contributed by atoms with E-state index in [1.54, 1.807) is 6.20 Å². The molecule has 2 heterocycles. The van der Waals surface area contributed by atoms with E-state index in [0.717, 1.165) is 43.7 Å². The predicted octanol–water partition coefficient (Wildman–Crippen LogP) is 5.71. The highest BCUT2D eigenvalue weighted by Crippen LogP contribution is 2.40. The van der Waals surface area contributed by atoms with Crippen LogP contribution in [0.15, 0.2) is 48.7 Å². The Labute approximate surface area is 180 Å². The monoisotopic (exact) mass is 407 g/mol. The van der Waals surface area contributed by atoms with Gasteiger partial charge >= 0.3 is 6.09 Å². The maximum atomic E-state index is 13.1. The molecule has 160 valence electrons. The number of anilines is 1. The third kappa shape index (κ3) is 5.01. The van der Waals surface area contributed by atoms with Crippen molar-refractivity contribution in [1.82, 2.24) is 9.88 Å². The van der Waals surface area contributed by atoms with Crippen LogP contribution >= 0.6 is 0 Å². The lowest BCUT2D eigenvalue weighted by molar-refractivity contribution is 0.0575. The van der Waals surface area contributed by atoms with E-state index >= 15 is 0 Å². The molecule has 2 aliphatic rings. The lowest BCUT2D eigenvalue weighted by Crippen LogP contribution is -2.40. The maximum absolute atomic E-state index is 13.1. The number of likely N-dealkylation sites (tertiary alicyclic amines) is 1. The van der Waals surface area contributed by atoms with Crippen LogP contribution in [0.3, 0.4) is 0 Å². The van der Waals surface area contributed by atoms with Gasteiger partial charge in [0.05, 0.1) is 0 Å². The van der Waals surface area contributed by atoms with Crippen LogP contribution in [-0.4, -0.2) is 34.2 Å². The van der Waals surface area contributed by atoms with Gasteiger partial charge < -0.3 is 4.74 Å². The number of rotatable bonds is 5. The standard InChI is InChI=1S/C25H33N3O2/c1-25(2,3)30-24(29)28(20-14-15-20)23-21(12-9-16-26-23)22-13-7-8-17-27(22)18-19-10-5-4-6-11-19/h4-6,9-12,16,20,22H,7-8,13-15,17-18H2,1-3H3/t22-/m0/s1. The van der Waals surface area contributed by atoms with Crippen molar-refractivity contribution in [1.29, 1.82) is 0 Å². The first-order valence-electron chi connectivity index (χ1n) is 11.2. The van der Waals surface area contributed by atoms with E-state index in [9.17, 15) is 4.79 Å². The van der Waals surface area contributed by atoms with Crippen molar-refractivity contribution in [2.24, 2.45) is 0 Å². The van der Waals surface area contributed by atoms with Crippen molar-refractivity contribution in [3.8, 4) is 0 Å². The van der Waals surface area contributed by atoms with Crippen molar-refractivity contribution in [3.05, 3.63) is 59.8 Å². The van der Waals surface area contributed by atoms with Crippen molar-refractivity contribution in [2.45, 2.75) is 77.1 Å². The first-order chi connectivity index (χ1) is 14.4. The smallest absolute Gasteiger partial charge is 0.416 e. The molecule has 0 radical (unpaired) electrons. The summed E-state index contributed by atoms with van der Waals surface area (Å²) < 4.78 is 5.75. The third-order valence-electron chi connectivity index (χ3n) is 5.75. The number of aromatic nitrogens is 1. The number of pyridine rings is 1. The summed E-state index contributed by atoms with van der Waals surface area (Å²) in [5, 5.41) is 0. The average molecular weight is 408 g/mol. The molecule has 1 aromatic heterocycles. The number of hydrogen-bond donors (Lipinski definition) is 0. The van der Waals surface area contributed by atoms with Gasteiger partial charge in [0.15, 0.2) is 0 Å². The lowest BCUT2D eigenvalue weighted by atomic mass is 9.94. The summed E-state index contributed by atoms with van der Waals surface area (Å²) in [5.74, 6) is 0.777. The molecule has 5 nitrogen and oxygen atoms in total. The second kappa shape index (κ2) is 8.76. The van der Waals surface area contributed by atoms with E-state index in [1.807, 2.05) is 31.7 Å². The van der Waals surface area contributed by atoms with Gasteiger partial charge in [-0.1, -0.05) is 42.8 Å². The molecular weight excluding hydrogens is 374 g/mol. The van der Waals surface area contributed by atoms with E-state index in [-0.39, 0.29) is 18.2 Å². The van der Waals surface area contributed by atoms with E-state index in [1.165, 1.54) is 18.4 Å². The largest absolute Gasteiger partial charge is 0.443 e. The summed E-state index contributed by atoms with van der Waals surface area (Å²) in [6.45, 7) is 7.72. The molecule has 1 aromatic carbocycles. The number of piperidine rings is 1. The van der Waals surface area contributed by atoms with Gasteiger partial charge in [-0.25, -0.2) is 9.78 Å². The molecule has 0 bridgehead atoms. The van der Waals surface area contributed by atoms with E-state index in [2.05, 4.69) is 41.3 Å². The Morgan fingerprint density at radius 2 is 1.87 bits per heavy atom. The maximum Gasteiger partial charge on any atom is 0.416 e. The van der Waals surface area contributed by atoms with Gasteiger partial charge in [0, 0.05) is 30.4 Å². The lowest BCUT2D eigenvalue weighted by Gasteiger charge is -2.38. The molecule has 1 aliphatic heterocycles. The molecule has 0 N–H and O–H groups in total. The van der Waals surface area contributed by atoms with Crippen LogP contribution in [0.1, 0.15) is 70.0 Å². The summed E-state index contributed by atoms with van der Waals surface area (Å²) in [6.07, 6.45) is 7.01. The zero-order valence-corrected chi connectivity index (χ0v) is 18.4. The summed E-state index contributed by atoms with van der Waals surface area (Å²) in [7, 11) is 0. The number of carbonyl (C=O) groups excluding carboxylic acids is 1. The van der Waals surface area contributed by atoms with Crippen LogP contribution in [0.25, 0.3) is 0 Å². The molecule has 1 saturated carbocycles. The fraction of sp³-hybridized carbons (Fsp3) is 0.520. The number of hydrogen-bond acceptors (Lipinski definition) is 4. The molecule has 1 atom stereocenters. The molecule has 2 fully saturated rings. The molecular formula is C25H33N3O2. The van der Waals surface area contributed by atoms with Gasteiger partial charge in [-0.05, 0) is 64.6 Å². The number of benzene rings is 1. The number of ether oxygens (including phenoxy) is 1. The predicted molar refractivity (Wildman–Crippen MR) is 119 cm³/mol. The van der Waals surface area contributed by atoms with Gasteiger partial charge in [0.1, 0.15) is 11.4 Å². The van der Waals surface area contributed by atoms with Crippen molar-refractivity contribution in [2.75, 3.05) is 11.4 Å². The molecule has 1 amide bonds. The van der Waals surface area contributed by atoms with Gasteiger partial charge in [-0.2, -0.15) is 0 Å². The highest BCUT2D eigenvalue weighted by Gasteiger charge is 2.39. The van der Waals surface area contributed by atoms with E-state index < -0.39 is 5.60 Å². The van der Waals surface area contributed by atoms with Gasteiger partial charge in [-0.3, -0.25) is 9.80 Å². The first kappa shape index (κ1) is 20.9. The minimum Gasteiger partial charge on any atom is -0.443 e. The van der Waals surface area contributed by atoms with Crippen molar-refractivity contribution in [3.63, 3.8) is 0 Å². The number of carbonyl (C=O) groups is 1. The molecule has 5 heteroatoms. The number of nitrogens with zero attached hydrogens (tertiary/aromatic N) is 3. The van der Waals surface area contributed by atoms with Crippen molar-refractivity contribution < 1.29 is 9.53 Å². The van der Waals surface area contributed by atoms with Gasteiger partial charge in [-0.15, -0.1) is 0 Å². The topological polar surface area (TPSA) is 45.7 Å². The Bertz CT molecular complexity index is 858. The first-order valence-corrected chi connectivity index (χ1v) is 11.2. The molecule has 2 aromatic rings. The number of amides is 1. The molecule has 4 rings (SSSR count). The minimum absolute atomic E-state index is 0.194. The Hall–Kier alpha value is -2.40. The second-order valence-corrected chi connectivity index (χ2v) is 9.47. The molecule has 1 aliphatic carbocycles. The molecule has 0 spiro atoms. The quantitative estimate of drug-likeness (QED) is 0.637. The van der Waals surface area contributed by atoms with Crippen LogP contribution in [0.2, 0.25) is 0 Å². The Morgan fingerprint density at radius 1 is 1.10 bits per heavy atom. The Kier molecular flexibility index (Phi) is 6.09. The SMILES string of the molecule is CC(C)(C)OC(=O)N(c1ncccc1[C@@H]1CCCCN1Cc1ccccc1)C1CC1. The van der Waals surface area contributed by atoms with Gasteiger partial charge in [0.2, 0.25) is 0 Å². The summed E-state index contributed by atoms with van der Waals surface area (Å²) >= 11 is 0. The molecule has 30 heavy (non-hydrogen) atoms. The van der Waals surface area contributed by atoms with Gasteiger partial charge in [0.25, 0.3) is 0 Å². The van der Waals surface area contributed by atoms with Crippen molar-refractivity contribution >= 4 is 11.9 Å². The zero-order chi connectivity index (χ0) is 21.1. The summed E-state index contributed by atoms with van der Waals surface area (Å²) in [4.78, 5) is 22.2. The summed E-state index contributed by atoms with van der Waals surface area (Å²) in [5.41, 5.74) is 1.94. The normalized spacial score (nSPS) is 20.0. The van der Waals surface area contributed by atoms with Crippen LogP contribution in [-0.2, 0) is 11.3 Å². The van der Waals surface area contributed by atoms with Crippen LogP contribution in [0.5, 0.6) is 0 Å². The van der Waals surface area contributed by atoms with Crippen LogP contribution in [0.4, 0.5) is 10.6 Å². The van der Waals surface area contributed by atoms with Crippen LogP contribution in [0, 0.1) is 0 Å².